The van der Waals surface area contributed by atoms with Crippen molar-refractivity contribution in [2.45, 2.75) is 44.3 Å². The lowest BCUT2D eigenvalue weighted by atomic mass is 9.80. The molecule has 4 aromatic rings. The van der Waals surface area contributed by atoms with Crippen molar-refractivity contribution in [3.8, 4) is 0 Å². The monoisotopic (exact) mass is 435 g/mol. The number of halogens is 1. The van der Waals surface area contributed by atoms with Gasteiger partial charge >= 0.3 is 0 Å². The van der Waals surface area contributed by atoms with Crippen molar-refractivity contribution < 1.29 is 14.6 Å². The average Bonchev–Trinajstić information content (AvgIpc) is 3.22. The van der Waals surface area contributed by atoms with E-state index in [1.54, 1.807) is 6.07 Å². The molecule has 0 radical (unpaired) electrons. The number of fused-ring (bicyclic) bond motifs is 2. The van der Waals surface area contributed by atoms with Crippen LogP contribution in [0.15, 0.2) is 48.7 Å². The summed E-state index contributed by atoms with van der Waals surface area (Å²) in [5.74, 6) is -0.470. The first-order valence-electron chi connectivity index (χ1n) is 10.7. The van der Waals surface area contributed by atoms with Gasteiger partial charge in [0.2, 0.25) is 0 Å². The zero-order valence-corrected chi connectivity index (χ0v) is 17.7. The minimum Gasteiger partial charge on any atom is -0.397 e. The second kappa shape index (κ2) is 7.43. The van der Waals surface area contributed by atoms with Gasteiger partial charge in [-0.3, -0.25) is 0 Å². The highest BCUT2D eigenvalue weighted by Crippen LogP contribution is 2.49. The van der Waals surface area contributed by atoms with Gasteiger partial charge in [-0.05, 0) is 60.6 Å². The summed E-state index contributed by atoms with van der Waals surface area (Å²) in [6.45, 7) is 1.96. The summed E-state index contributed by atoms with van der Waals surface area (Å²) in [5.41, 5.74) is 14.1. The zero-order valence-electron chi connectivity index (χ0n) is 17.7. The van der Waals surface area contributed by atoms with Gasteiger partial charge in [0.1, 0.15) is 11.3 Å². The summed E-state index contributed by atoms with van der Waals surface area (Å²) in [6, 6.07) is 12.7. The van der Waals surface area contributed by atoms with E-state index in [1.165, 1.54) is 22.8 Å². The van der Waals surface area contributed by atoms with Crippen LogP contribution in [0.25, 0.3) is 16.4 Å². The highest BCUT2D eigenvalue weighted by Gasteiger charge is 2.50. The largest absolute Gasteiger partial charge is 0.397 e. The third-order valence-corrected chi connectivity index (χ3v) is 6.95. The smallest absolute Gasteiger partial charge is 0.152 e. The topological polar surface area (TPSA) is 123 Å². The van der Waals surface area contributed by atoms with Gasteiger partial charge in [0.15, 0.2) is 5.82 Å². The molecule has 6 N–H and O–H groups in total. The molecule has 4 atom stereocenters. The molecule has 1 aromatic carbocycles. The number of aliphatic hydroxyl groups is 2. The predicted molar refractivity (Wildman–Crippen MR) is 122 cm³/mol. The van der Waals surface area contributed by atoms with E-state index in [4.69, 9.17) is 11.5 Å². The molecule has 0 saturated heterocycles. The zero-order chi connectivity index (χ0) is 22.6. The van der Waals surface area contributed by atoms with E-state index >= 15 is 0 Å². The molecule has 32 heavy (non-hydrogen) atoms. The molecule has 3 aromatic heterocycles. The number of aliphatic hydroxyl groups excluding tert-OH is 2. The van der Waals surface area contributed by atoms with E-state index < -0.39 is 29.4 Å². The summed E-state index contributed by atoms with van der Waals surface area (Å²) in [7, 11) is 0. The number of benzene rings is 1. The maximum atomic E-state index is 14.6. The van der Waals surface area contributed by atoms with Crippen LogP contribution in [0.4, 0.5) is 15.9 Å². The second-order valence-electron chi connectivity index (χ2n) is 9.13. The fraction of sp³-hybridized carbons (Fsp3) is 0.333. The molecule has 166 valence electrons. The van der Waals surface area contributed by atoms with Crippen LogP contribution in [-0.4, -0.2) is 37.0 Å². The van der Waals surface area contributed by atoms with E-state index in [9.17, 15) is 14.6 Å². The number of hydrogen-bond donors (Lipinski definition) is 4. The molecule has 0 aliphatic heterocycles. The summed E-state index contributed by atoms with van der Waals surface area (Å²) < 4.78 is 16.0. The first-order chi connectivity index (χ1) is 15.3. The van der Waals surface area contributed by atoms with Crippen molar-refractivity contribution in [1.82, 2.24) is 14.6 Å². The molecule has 1 saturated carbocycles. The summed E-state index contributed by atoms with van der Waals surface area (Å²) in [5, 5.41) is 27.1. The lowest BCUT2D eigenvalue weighted by Crippen LogP contribution is -2.34. The molecule has 1 aliphatic carbocycles. The van der Waals surface area contributed by atoms with Crippen molar-refractivity contribution in [2.24, 2.45) is 5.41 Å². The van der Waals surface area contributed by atoms with Gasteiger partial charge in [-0.25, -0.2) is 13.9 Å². The lowest BCUT2D eigenvalue weighted by Gasteiger charge is -2.28. The molecule has 1 aliphatic rings. The van der Waals surface area contributed by atoms with Gasteiger partial charge in [-0.2, -0.15) is 5.10 Å². The first kappa shape index (κ1) is 20.7. The Hall–Kier alpha value is -3.23. The molecule has 8 heteroatoms. The number of nitrogens with two attached hydrogens (primary N) is 2. The van der Waals surface area contributed by atoms with Gasteiger partial charge in [-0.1, -0.05) is 19.1 Å². The Bertz CT molecular complexity index is 1320. The van der Waals surface area contributed by atoms with Gasteiger partial charge < -0.3 is 21.7 Å². The molecule has 5 rings (SSSR count). The number of pyridine rings is 1. The minimum atomic E-state index is -1.03. The van der Waals surface area contributed by atoms with Crippen LogP contribution in [0.1, 0.15) is 36.9 Å². The third kappa shape index (κ3) is 3.27. The van der Waals surface area contributed by atoms with Gasteiger partial charge in [0.25, 0.3) is 0 Å². The Kier molecular flexibility index (Phi) is 4.79. The number of aromatic nitrogens is 3. The van der Waals surface area contributed by atoms with Gasteiger partial charge in [0.05, 0.1) is 29.1 Å². The number of nitrogens with zero attached hydrogens (tertiary/aromatic N) is 3. The summed E-state index contributed by atoms with van der Waals surface area (Å²) >= 11 is 0. The quantitative estimate of drug-likeness (QED) is 0.391. The number of anilines is 2. The number of nitrogen functional groups attached to an aromatic ring is 2. The molecule has 7 nitrogen and oxygen atoms in total. The number of aryl methyl sites for hydroxylation is 1. The van der Waals surface area contributed by atoms with Crippen molar-refractivity contribution >= 4 is 27.9 Å². The maximum Gasteiger partial charge on any atom is 0.152 e. The van der Waals surface area contributed by atoms with Crippen molar-refractivity contribution in [2.75, 3.05) is 11.5 Å². The predicted octanol–water partition coefficient (Wildman–Crippen LogP) is 3.03. The van der Waals surface area contributed by atoms with Crippen molar-refractivity contribution in [3.63, 3.8) is 0 Å². The fourth-order valence-electron chi connectivity index (χ4n) is 5.07. The van der Waals surface area contributed by atoms with E-state index in [1.807, 2.05) is 31.2 Å². The SMILES string of the molecule is C[C@]1(CCc2ccc3ccc(N)nc3c2)C[C@@H](c2cc(F)c3c(N)ccnn23)[C@H](O)[C@@H]1O. The molecular formula is C24H26FN5O2. The molecule has 0 bridgehead atoms. The number of rotatable bonds is 4. The van der Waals surface area contributed by atoms with E-state index in [2.05, 4.69) is 10.1 Å². The van der Waals surface area contributed by atoms with E-state index in [0.29, 0.717) is 30.8 Å². The van der Waals surface area contributed by atoms with Crippen LogP contribution >= 0.6 is 0 Å². The lowest BCUT2D eigenvalue weighted by molar-refractivity contribution is -0.0204. The molecule has 0 spiro atoms. The number of hydrogen-bond acceptors (Lipinski definition) is 6. The first-order valence-corrected chi connectivity index (χ1v) is 10.7. The molecule has 3 heterocycles. The van der Waals surface area contributed by atoms with Crippen LogP contribution in [0.2, 0.25) is 0 Å². The highest BCUT2D eigenvalue weighted by molar-refractivity contribution is 5.80. The molecule has 1 fully saturated rings. The Morgan fingerprint density at radius 2 is 1.94 bits per heavy atom. The minimum absolute atomic E-state index is 0.195. The summed E-state index contributed by atoms with van der Waals surface area (Å²) in [4.78, 5) is 4.38. The van der Waals surface area contributed by atoms with Crippen LogP contribution in [0, 0.1) is 11.2 Å². The van der Waals surface area contributed by atoms with Crippen LogP contribution in [0.5, 0.6) is 0 Å². The summed E-state index contributed by atoms with van der Waals surface area (Å²) in [6.07, 6.45) is 1.37. The Balaban J connectivity index is 1.41. The standard InChI is InChI=1S/C24H26FN5O2/c1-24(8-6-13-2-3-14-4-5-20(27)29-18(14)10-13)12-15(22(31)23(24)32)19-11-16(25)21-17(26)7-9-28-30(19)21/h2-5,7,9-11,15,22-23,31-32H,6,8,12,26H2,1H3,(H2,27,29)/t15-,22-,23-,24-/m0/s1. The normalized spacial score (nSPS) is 25.7. The molecular weight excluding hydrogens is 409 g/mol. The van der Waals surface area contributed by atoms with Crippen LogP contribution in [-0.2, 0) is 6.42 Å². The fourth-order valence-corrected chi connectivity index (χ4v) is 5.07. The van der Waals surface area contributed by atoms with E-state index in [0.717, 1.165) is 16.5 Å². The third-order valence-electron chi connectivity index (χ3n) is 6.95. The van der Waals surface area contributed by atoms with Crippen LogP contribution in [0.3, 0.4) is 0 Å². The van der Waals surface area contributed by atoms with Crippen molar-refractivity contribution in [3.05, 3.63) is 65.7 Å². The highest BCUT2D eigenvalue weighted by atomic mass is 19.1. The van der Waals surface area contributed by atoms with Gasteiger partial charge in [-0.15, -0.1) is 0 Å². The Morgan fingerprint density at radius 1 is 1.16 bits per heavy atom. The molecule has 0 amide bonds. The van der Waals surface area contributed by atoms with Gasteiger partial charge in [0, 0.05) is 17.5 Å². The Morgan fingerprint density at radius 3 is 2.75 bits per heavy atom. The van der Waals surface area contributed by atoms with Crippen molar-refractivity contribution in [1.29, 1.82) is 0 Å². The van der Waals surface area contributed by atoms with Crippen LogP contribution < -0.4 is 11.5 Å². The Labute approximate surface area is 184 Å². The average molecular weight is 436 g/mol. The van der Waals surface area contributed by atoms with E-state index in [-0.39, 0.29) is 11.2 Å². The molecule has 0 unspecified atom stereocenters. The second-order valence-corrected chi connectivity index (χ2v) is 9.13. The maximum absolute atomic E-state index is 14.6.